The Labute approximate surface area is 159 Å². The number of nitrogens with zero attached hydrogens (tertiary/aromatic N) is 3. The molecular weight excluding hydrogens is 355 g/mol. The van der Waals surface area contributed by atoms with E-state index in [1.165, 1.54) is 12.1 Å². The zero-order valence-corrected chi connectivity index (χ0v) is 15.8. The maximum atomic E-state index is 13.2. The average Bonchev–Trinajstić information content (AvgIpc) is 3.28. The van der Waals surface area contributed by atoms with Gasteiger partial charge >= 0.3 is 0 Å². The summed E-state index contributed by atoms with van der Waals surface area (Å²) in [5.74, 6) is 1.05. The van der Waals surface area contributed by atoms with Gasteiger partial charge in [0.05, 0.1) is 23.1 Å². The van der Waals surface area contributed by atoms with Crippen LogP contribution in [0, 0.1) is 17.7 Å². The molecule has 0 aliphatic carbocycles. The number of hydrogen-bond donors (Lipinski definition) is 1. The van der Waals surface area contributed by atoms with Crippen molar-refractivity contribution in [2.24, 2.45) is 11.8 Å². The number of halogens is 2. The van der Waals surface area contributed by atoms with E-state index in [4.69, 9.17) is 0 Å². The lowest BCUT2D eigenvalue weighted by atomic mass is 10.0. The first kappa shape index (κ1) is 18.9. The predicted octanol–water partition coefficient (Wildman–Crippen LogP) is 2.85. The van der Waals surface area contributed by atoms with Crippen LogP contribution in [-0.4, -0.2) is 46.8 Å². The molecule has 2 aromatic rings. The Bertz CT molecular complexity index is 777. The number of amides is 1. The molecule has 26 heavy (non-hydrogen) atoms. The van der Waals surface area contributed by atoms with Gasteiger partial charge in [0.2, 0.25) is 0 Å². The molecule has 7 heteroatoms. The second-order valence-electron chi connectivity index (χ2n) is 7.37. The van der Waals surface area contributed by atoms with Gasteiger partial charge in [-0.1, -0.05) is 13.8 Å². The highest BCUT2D eigenvalue weighted by Gasteiger charge is 2.39. The number of fused-ring (bicyclic) bond motifs is 1. The van der Waals surface area contributed by atoms with Gasteiger partial charge in [-0.2, -0.15) is 5.10 Å². The van der Waals surface area contributed by atoms with Gasteiger partial charge < -0.3 is 10.2 Å². The van der Waals surface area contributed by atoms with Crippen LogP contribution in [-0.2, 0) is 0 Å². The van der Waals surface area contributed by atoms with Gasteiger partial charge in [0.1, 0.15) is 5.82 Å². The SMILES string of the molecule is CC(C)c1c(C(=O)N2C[C@H]3CNC[C@H]3C2)cnn1-c1ccc(F)cc1.Cl. The van der Waals surface area contributed by atoms with Crippen molar-refractivity contribution in [1.29, 1.82) is 0 Å². The molecule has 2 fully saturated rings. The molecule has 0 saturated carbocycles. The van der Waals surface area contributed by atoms with E-state index in [2.05, 4.69) is 24.3 Å². The van der Waals surface area contributed by atoms with Crippen molar-refractivity contribution >= 4 is 18.3 Å². The molecule has 0 spiro atoms. The van der Waals surface area contributed by atoms with E-state index in [-0.39, 0.29) is 30.0 Å². The van der Waals surface area contributed by atoms with E-state index in [1.54, 1.807) is 23.0 Å². The van der Waals surface area contributed by atoms with Crippen LogP contribution in [0.2, 0.25) is 0 Å². The molecule has 2 aliphatic rings. The van der Waals surface area contributed by atoms with E-state index in [9.17, 15) is 9.18 Å². The minimum absolute atomic E-state index is 0. The summed E-state index contributed by atoms with van der Waals surface area (Å²) in [7, 11) is 0. The highest BCUT2D eigenvalue weighted by atomic mass is 35.5. The predicted molar refractivity (Wildman–Crippen MR) is 101 cm³/mol. The van der Waals surface area contributed by atoms with Crippen molar-refractivity contribution in [3.8, 4) is 5.69 Å². The van der Waals surface area contributed by atoms with Gasteiger partial charge in [0, 0.05) is 26.2 Å². The summed E-state index contributed by atoms with van der Waals surface area (Å²) >= 11 is 0. The molecule has 0 bridgehead atoms. The second kappa shape index (κ2) is 7.37. The van der Waals surface area contributed by atoms with Crippen LogP contribution in [0.1, 0.15) is 35.8 Å². The second-order valence-corrected chi connectivity index (χ2v) is 7.37. The number of hydrogen-bond acceptors (Lipinski definition) is 3. The van der Waals surface area contributed by atoms with Crippen molar-refractivity contribution < 1.29 is 9.18 Å². The van der Waals surface area contributed by atoms with Gasteiger partial charge in [0.15, 0.2) is 0 Å². The fourth-order valence-corrected chi connectivity index (χ4v) is 4.06. The van der Waals surface area contributed by atoms with Crippen molar-refractivity contribution in [3.63, 3.8) is 0 Å². The van der Waals surface area contributed by atoms with Crippen LogP contribution in [0.25, 0.3) is 5.69 Å². The molecule has 4 rings (SSSR count). The molecule has 1 aromatic heterocycles. The summed E-state index contributed by atoms with van der Waals surface area (Å²) in [5.41, 5.74) is 2.31. The standard InChI is InChI=1S/C19H23FN4O.ClH/c1-12(2)18-17(9-22-24(18)16-5-3-15(20)4-6-16)19(25)23-10-13-7-21-8-14(13)11-23;/h3-6,9,12-14,21H,7-8,10-11H2,1-2H3;1H/t13-,14+;. The smallest absolute Gasteiger partial charge is 0.257 e. The minimum atomic E-state index is -0.282. The number of benzene rings is 1. The molecule has 1 N–H and O–H groups in total. The summed E-state index contributed by atoms with van der Waals surface area (Å²) in [5, 5.41) is 7.83. The van der Waals surface area contributed by atoms with Gasteiger partial charge in [-0.15, -0.1) is 12.4 Å². The van der Waals surface area contributed by atoms with Gasteiger partial charge in [-0.05, 0) is 42.0 Å². The fourth-order valence-electron chi connectivity index (χ4n) is 4.06. The third-order valence-electron chi connectivity index (χ3n) is 5.33. The Hall–Kier alpha value is -1.92. The summed E-state index contributed by atoms with van der Waals surface area (Å²) in [6.07, 6.45) is 1.66. The van der Waals surface area contributed by atoms with Gasteiger partial charge in [-0.25, -0.2) is 9.07 Å². The first-order valence-corrected chi connectivity index (χ1v) is 8.88. The van der Waals surface area contributed by atoms with E-state index in [0.29, 0.717) is 17.4 Å². The fraction of sp³-hybridized carbons (Fsp3) is 0.474. The molecule has 1 amide bonds. The van der Waals surface area contributed by atoms with Gasteiger partial charge in [-0.3, -0.25) is 4.79 Å². The van der Waals surface area contributed by atoms with Crippen LogP contribution >= 0.6 is 12.4 Å². The normalized spacial score (nSPS) is 21.8. The summed E-state index contributed by atoms with van der Waals surface area (Å²) in [4.78, 5) is 15.1. The Morgan fingerprint density at radius 3 is 2.38 bits per heavy atom. The van der Waals surface area contributed by atoms with Crippen molar-refractivity contribution in [1.82, 2.24) is 20.0 Å². The Balaban J connectivity index is 0.00000196. The maximum Gasteiger partial charge on any atom is 0.257 e. The number of nitrogens with one attached hydrogen (secondary N) is 1. The Morgan fingerprint density at radius 2 is 1.81 bits per heavy atom. The van der Waals surface area contributed by atoms with E-state index >= 15 is 0 Å². The highest BCUT2D eigenvalue weighted by molar-refractivity contribution is 5.95. The molecule has 5 nitrogen and oxygen atoms in total. The largest absolute Gasteiger partial charge is 0.338 e. The van der Waals surface area contributed by atoms with E-state index in [0.717, 1.165) is 37.6 Å². The first-order valence-electron chi connectivity index (χ1n) is 8.88. The highest BCUT2D eigenvalue weighted by Crippen LogP contribution is 2.30. The van der Waals surface area contributed by atoms with Crippen LogP contribution in [0.3, 0.4) is 0 Å². The van der Waals surface area contributed by atoms with E-state index in [1.807, 2.05) is 4.90 Å². The Morgan fingerprint density at radius 1 is 1.19 bits per heavy atom. The molecule has 2 saturated heterocycles. The number of carbonyl (C=O) groups excluding carboxylic acids is 1. The lowest BCUT2D eigenvalue weighted by molar-refractivity contribution is 0.0780. The minimum Gasteiger partial charge on any atom is -0.338 e. The lowest BCUT2D eigenvalue weighted by Crippen LogP contribution is -2.32. The van der Waals surface area contributed by atoms with Crippen LogP contribution in [0.4, 0.5) is 4.39 Å². The number of carbonyl (C=O) groups is 1. The van der Waals surface area contributed by atoms with Crippen molar-refractivity contribution in [3.05, 3.63) is 47.5 Å². The molecule has 0 unspecified atom stereocenters. The molecule has 2 atom stereocenters. The third-order valence-corrected chi connectivity index (χ3v) is 5.33. The van der Waals surface area contributed by atoms with E-state index < -0.39 is 0 Å². The van der Waals surface area contributed by atoms with Crippen molar-refractivity contribution in [2.75, 3.05) is 26.2 Å². The monoisotopic (exact) mass is 378 g/mol. The van der Waals surface area contributed by atoms with Gasteiger partial charge in [0.25, 0.3) is 5.91 Å². The molecule has 1 aromatic carbocycles. The van der Waals surface area contributed by atoms with Crippen molar-refractivity contribution in [2.45, 2.75) is 19.8 Å². The summed E-state index contributed by atoms with van der Waals surface area (Å²) in [6, 6.07) is 6.21. The quantitative estimate of drug-likeness (QED) is 0.893. The molecular formula is C19H24ClFN4O. The topological polar surface area (TPSA) is 50.2 Å². The average molecular weight is 379 g/mol. The molecule has 0 radical (unpaired) electrons. The lowest BCUT2D eigenvalue weighted by Gasteiger charge is -2.19. The zero-order valence-electron chi connectivity index (χ0n) is 15.0. The van der Waals surface area contributed by atoms with Crippen LogP contribution in [0.15, 0.2) is 30.5 Å². The zero-order chi connectivity index (χ0) is 17.6. The number of rotatable bonds is 3. The molecule has 3 heterocycles. The third kappa shape index (κ3) is 3.23. The molecule has 140 valence electrons. The number of aromatic nitrogens is 2. The summed E-state index contributed by atoms with van der Waals surface area (Å²) < 4.78 is 15.0. The molecule has 2 aliphatic heterocycles. The van der Waals surface area contributed by atoms with Crippen LogP contribution < -0.4 is 5.32 Å². The maximum absolute atomic E-state index is 13.2. The first-order chi connectivity index (χ1) is 12.0. The summed E-state index contributed by atoms with van der Waals surface area (Å²) in [6.45, 7) is 7.74. The van der Waals surface area contributed by atoms with Crippen LogP contribution in [0.5, 0.6) is 0 Å². The Kier molecular flexibility index (Phi) is 5.34. The number of likely N-dealkylation sites (tertiary alicyclic amines) is 1.